The molecule has 0 saturated carbocycles. The Kier molecular flexibility index (Phi) is 6.20. The van der Waals surface area contributed by atoms with Gasteiger partial charge in [0.25, 0.3) is 5.91 Å². The van der Waals surface area contributed by atoms with Gasteiger partial charge in [0.15, 0.2) is 0 Å². The molecule has 29 heavy (non-hydrogen) atoms. The van der Waals surface area contributed by atoms with Crippen molar-refractivity contribution in [3.05, 3.63) is 64.7 Å². The Labute approximate surface area is 170 Å². The molecule has 1 aliphatic heterocycles. The second-order valence-electron chi connectivity index (χ2n) is 6.01. The van der Waals surface area contributed by atoms with Crippen molar-refractivity contribution in [2.45, 2.75) is 12.5 Å². The number of anilines is 1. The van der Waals surface area contributed by atoms with E-state index in [1.54, 1.807) is 18.2 Å². The fraction of sp³-hybridized carbons (Fsp3) is 0.105. The van der Waals surface area contributed by atoms with Crippen molar-refractivity contribution in [1.29, 1.82) is 0 Å². The summed E-state index contributed by atoms with van der Waals surface area (Å²) in [5.41, 5.74) is 3.82. The second-order valence-corrected chi connectivity index (χ2v) is 6.42. The molecule has 148 valence electrons. The van der Waals surface area contributed by atoms with Crippen molar-refractivity contribution in [2.75, 3.05) is 5.32 Å². The molecule has 0 saturated heterocycles. The van der Waals surface area contributed by atoms with Crippen LogP contribution in [0.4, 0.5) is 5.69 Å². The summed E-state index contributed by atoms with van der Waals surface area (Å²) < 4.78 is 0. The second kappa shape index (κ2) is 8.98. The van der Waals surface area contributed by atoms with E-state index < -0.39 is 23.8 Å². The normalized spacial score (nSPS) is 15.7. The summed E-state index contributed by atoms with van der Waals surface area (Å²) in [4.78, 5) is 39.1. The van der Waals surface area contributed by atoms with Gasteiger partial charge in [-0.25, -0.2) is 15.2 Å². The molecule has 1 atom stereocenters. The van der Waals surface area contributed by atoms with Crippen LogP contribution in [0.25, 0.3) is 0 Å². The number of carbonyl (C=O) groups is 3. The van der Waals surface area contributed by atoms with Crippen molar-refractivity contribution in [1.82, 2.24) is 10.7 Å². The quantitative estimate of drug-likeness (QED) is 0.423. The van der Waals surface area contributed by atoms with E-state index in [4.69, 9.17) is 16.7 Å². The van der Waals surface area contributed by atoms with Crippen molar-refractivity contribution >= 4 is 47.2 Å². The molecule has 0 fully saturated rings. The van der Waals surface area contributed by atoms with Crippen LogP contribution in [-0.2, 0) is 9.59 Å². The van der Waals surface area contributed by atoms with Crippen molar-refractivity contribution < 1.29 is 19.5 Å². The first-order valence-corrected chi connectivity index (χ1v) is 8.85. The monoisotopic (exact) mass is 413 g/mol. The number of hydrazone groups is 1. The number of rotatable bonds is 6. The lowest BCUT2D eigenvalue weighted by atomic mass is 10.2. The van der Waals surface area contributed by atoms with Gasteiger partial charge in [-0.15, -0.1) is 0 Å². The van der Waals surface area contributed by atoms with Gasteiger partial charge in [0.2, 0.25) is 11.9 Å². The Hall–Kier alpha value is -3.72. The molecule has 2 aromatic carbocycles. The van der Waals surface area contributed by atoms with Gasteiger partial charge >= 0.3 is 5.97 Å². The average molecular weight is 414 g/mol. The van der Waals surface area contributed by atoms with Crippen LogP contribution in [0.2, 0.25) is 5.02 Å². The third-order valence-electron chi connectivity index (χ3n) is 3.90. The Morgan fingerprint density at radius 2 is 1.93 bits per heavy atom. The number of hydrogen-bond acceptors (Lipinski definition) is 6. The fourth-order valence-electron chi connectivity index (χ4n) is 2.47. The number of nitrogens with one attached hydrogen (secondary N) is 3. The van der Waals surface area contributed by atoms with Gasteiger partial charge in [-0.1, -0.05) is 29.8 Å². The number of carboxylic acids is 1. The van der Waals surface area contributed by atoms with Gasteiger partial charge in [-0.2, -0.15) is 5.10 Å². The van der Waals surface area contributed by atoms with E-state index in [0.717, 1.165) is 0 Å². The van der Waals surface area contributed by atoms with Crippen LogP contribution < -0.4 is 16.1 Å². The summed E-state index contributed by atoms with van der Waals surface area (Å²) in [6.07, 6.45) is 1.31. The van der Waals surface area contributed by atoms with Crippen LogP contribution >= 0.6 is 11.6 Å². The molecule has 0 aliphatic carbocycles. The Bertz CT molecular complexity index is 1000. The molecule has 9 nitrogen and oxygen atoms in total. The van der Waals surface area contributed by atoms with Gasteiger partial charge < -0.3 is 10.4 Å². The largest absolute Gasteiger partial charge is 0.478 e. The van der Waals surface area contributed by atoms with E-state index in [1.807, 2.05) is 6.07 Å². The van der Waals surface area contributed by atoms with Gasteiger partial charge in [0.05, 0.1) is 18.2 Å². The fourth-order valence-corrected chi connectivity index (χ4v) is 2.65. The molecule has 0 radical (unpaired) electrons. The van der Waals surface area contributed by atoms with E-state index in [9.17, 15) is 14.4 Å². The van der Waals surface area contributed by atoms with Crippen LogP contribution in [0.1, 0.15) is 22.3 Å². The molecular weight excluding hydrogens is 398 g/mol. The SMILES string of the molecule is O=C(CC1N=C(NN=Cc2ccccc2Cl)NC1=O)Nc1ccc(C(=O)O)cc1. The summed E-state index contributed by atoms with van der Waals surface area (Å²) in [6.45, 7) is 0. The molecule has 4 N–H and O–H groups in total. The van der Waals surface area contributed by atoms with Crippen LogP contribution in [0.3, 0.4) is 0 Å². The van der Waals surface area contributed by atoms with Crippen molar-refractivity contribution in [2.24, 2.45) is 10.1 Å². The molecule has 2 amide bonds. The van der Waals surface area contributed by atoms with Gasteiger partial charge in [-0.05, 0) is 30.3 Å². The summed E-state index contributed by atoms with van der Waals surface area (Å²) in [7, 11) is 0. The first-order chi connectivity index (χ1) is 13.9. The predicted octanol–water partition coefficient (Wildman–Crippen LogP) is 1.84. The summed E-state index contributed by atoms with van der Waals surface area (Å²) in [6, 6.07) is 11.9. The number of carboxylic acid groups (broad SMARTS) is 1. The number of amides is 2. The smallest absolute Gasteiger partial charge is 0.335 e. The summed E-state index contributed by atoms with van der Waals surface area (Å²) in [5.74, 6) is -1.80. The van der Waals surface area contributed by atoms with Crippen LogP contribution in [0.15, 0.2) is 58.6 Å². The highest BCUT2D eigenvalue weighted by molar-refractivity contribution is 6.33. The highest BCUT2D eigenvalue weighted by atomic mass is 35.5. The predicted molar refractivity (Wildman–Crippen MR) is 108 cm³/mol. The summed E-state index contributed by atoms with van der Waals surface area (Å²) in [5, 5.41) is 18.5. The zero-order valence-electron chi connectivity index (χ0n) is 14.9. The first kappa shape index (κ1) is 20.0. The minimum Gasteiger partial charge on any atom is -0.478 e. The van der Waals surface area contributed by atoms with E-state index in [2.05, 4.69) is 26.2 Å². The Morgan fingerprint density at radius 1 is 1.21 bits per heavy atom. The Balaban J connectivity index is 1.54. The van der Waals surface area contributed by atoms with E-state index in [0.29, 0.717) is 16.3 Å². The summed E-state index contributed by atoms with van der Waals surface area (Å²) >= 11 is 6.02. The maximum atomic E-state index is 12.1. The molecule has 1 heterocycles. The minimum absolute atomic E-state index is 0.107. The number of carbonyl (C=O) groups excluding carboxylic acids is 2. The number of benzene rings is 2. The number of halogens is 1. The highest BCUT2D eigenvalue weighted by Crippen LogP contribution is 2.13. The van der Waals surface area contributed by atoms with E-state index in [1.165, 1.54) is 30.5 Å². The standard InChI is InChI=1S/C19H16ClN5O4/c20-14-4-2-1-3-12(14)10-21-25-19-23-15(17(27)24-19)9-16(26)22-13-7-5-11(6-8-13)18(28)29/h1-8,10,15H,9H2,(H,22,26)(H,28,29)(H2,23,24,25,27). The van der Waals surface area contributed by atoms with Gasteiger partial charge in [-0.3, -0.25) is 14.9 Å². The molecule has 0 aromatic heterocycles. The number of aromatic carboxylic acids is 1. The van der Waals surface area contributed by atoms with E-state index >= 15 is 0 Å². The maximum absolute atomic E-state index is 12.1. The Morgan fingerprint density at radius 3 is 2.62 bits per heavy atom. The molecule has 0 bridgehead atoms. The zero-order valence-corrected chi connectivity index (χ0v) is 15.7. The average Bonchev–Trinajstić information content (AvgIpc) is 3.03. The van der Waals surface area contributed by atoms with Crippen molar-refractivity contribution in [3.8, 4) is 0 Å². The van der Waals surface area contributed by atoms with Gasteiger partial charge in [0, 0.05) is 16.3 Å². The lowest BCUT2D eigenvalue weighted by molar-refractivity contribution is -0.123. The molecular formula is C19H16ClN5O4. The molecule has 10 heteroatoms. The minimum atomic E-state index is -1.06. The third-order valence-corrected chi connectivity index (χ3v) is 4.25. The van der Waals surface area contributed by atoms with E-state index in [-0.39, 0.29) is 17.9 Å². The third kappa shape index (κ3) is 5.39. The number of hydrogen-bond donors (Lipinski definition) is 4. The topological polar surface area (TPSA) is 132 Å². The van der Waals surface area contributed by atoms with Crippen molar-refractivity contribution in [3.63, 3.8) is 0 Å². The van der Waals surface area contributed by atoms with Crippen LogP contribution in [-0.4, -0.2) is 41.1 Å². The number of guanidine groups is 1. The molecule has 1 aliphatic rings. The lowest BCUT2D eigenvalue weighted by Gasteiger charge is -2.07. The number of aliphatic imine (C=N–C) groups is 1. The highest BCUT2D eigenvalue weighted by Gasteiger charge is 2.28. The number of nitrogens with zero attached hydrogens (tertiary/aromatic N) is 2. The molecule has 0 spiro atoms. The molecule has 2 aromatic rings. The van der Waals surface area contributed by atoms with Gasteiger partial charge in [0.1, 0.15) is 6.04 Å². The van der Waals surface area contributed by atoms with Crippen LogP contribution in [0, 0.1) is 0 Å². The zero-order chi connectivity index (χ0) is 20.8. The molecule has 3 rings (SSSR count). The lowest BCUT2D eigenvalue weighted by Crippen LogP contribution is -2.35. The maximum Gasteiger partial charge on any atom is 0.335 e. The molecule has 1 unspecified atom stereocenters. The van der Waals surface area contributed by atoms with Crippen LogP contribution in [0.5, 0.6) is 0 Å². The first-order valence-electron chi connectivity index (χ1n) is 8.48.